The molecule has 0 heterocycles. The first-order valence-corrected chi connectivity index (χ1v) is 42.5. The van der Waals surface area contributed by atoms with Crippen molar-refractivity contribution in [2.75, 3.05) is 103 Å². The Kier molecular flexibility index (Phi) is 91.4. The quantitative estimate of drug-likeness (QED) is 0.0236. The summed E-state index contributed by atoms with van der Waals surface area (Å²) >= 11 is 0. The van der Waals surface area contributed by atoms with Crippen LogP contribution in [0.3, 0.4) is 0 Å². The average Bonchev–Trinajstić information content (AvgIpc) is 0.907. The summed E-state index contributed by atoms with van der Waals surface area (Å²) in [4.78, 5) is 215. The summed E-state index contributed by atoms with van der Waals surface area (Å²) in [5.74, 6) is -9.14. The number of rotatable bonds is 68. The van der Waals surface area contributed by atoms with Gasteiger partial charge in [-0.05, 0) is 128 Å². The molecule has 0 saturated heterocycles. The molecule has 0 aliphatic carbocycles. The average molecular weight is 1870 g/mol. The molecule has 0 aliphatic heterocycles. The van der Waals surface area contributed by atoms with Gasteiger partial charge in [0.1, 0.15) is 13.2 Å². The largest absolute Gasteiger partial charge is 0.454 e. The number of unbranched alkanes of at least 4 members (excludes halogenated alkanes) is 8. The molecule has 11 unspecified atom stereocenters. The molecule has 38 heteroatoms. The van der Waals surface area contributed by atoms with Gasteiger partial charge in [-0.15, -0.1) is 46.1 Å². The van der Waals surface area contributed by atoms with Gasteiger partial charge in [-0.1, -0.05) is 68.2 Å². The van der Waals surface area contributed by atoms with Gasteiger partial charge >= 0.3 is 71.6 Å². The van der Waals surface area contributed by atoms with Crippen LogP contribution in [0.4, 0.5) is 0 Å². The number of ether oxygens (including phenoxy) is 19. The van der Waals surface area contributed by atoms with E-state index in [0.717, 1.165) is 57.8 Å². The van der Waals surface area contributed by atoms with Gasteiger partial charge in [0, 0.05) is 147 Å². The highest BCUT2D eigenvalue weighted by atomic mass is 16.6. The van der Waals surface area contributed by atoms with Crippen molar-refractivity contribution in [2.45, 2.75) is 291 Å². The molecule has 0 amide bonds. The Morgan fingerprint density at radius 3 is 0.611 bits per heavy atom. The van der Waals surface area contributed by atoms with E-state index in [2.05, 4.69) is 55.5 Å². The number of ketones is 7. The Morgan fingerprint density at radius 1 is 0.214 bits per heavy atom. The molecule has 0 aromatic carbocycles. The smallest absolute Gasteiger partial charge is 0.347 e. The molecule has 131 heavy (non-hydrogen) atoms. The monoisotopic (exact) mass is 1870 g/mol. The van der Waals surface area contributed by atoms with Crippen molar-refractivity contribution in [3.05, 3.63) is 88.6 Å². The molecule has 0 aliphatic rings. The van der Waals surface area contributed by atoms with Crippen LogP contribution in [0.1, 0.15) is 224 Å². The fraction of sp³-hybridized carbons (Fsp3) is 0.645. The maximum absolute atomic E-state index is 11.8. The molecule has 0 radical (unpaired) electrons. The lowest BCUT2D eigenvalue weighted by Gasteiger charge is -2.17. The zero-order chi connectivity index (χ0) is 102. The molecule has 0 fully saturated rings. The topological polar surface area (TPSA) is 500 Å². The number of hydrogen-bond donors (Lipinski definition) is 0. The van der Waals surface area contributed by atoms with Crippen molar-refractivity contribution in [2.24, 2.45) is 0 Å². The van der Waals surface area contributed by atoms with Crippen molar-refractivity contribution < 1.29 is 181 Å². The standard InChI is InChI=1S/C18H28O8.C16H26O6.C15H24O6.C13H22O4.C12H18O6.C10H16O4.C9H14O4/c1-5-9-15(13(2)19)26-18(22)14(3)25-17(21)12-24-16(20)10-7-6-8-11-23-4;1-5-9-14(12(2)17)22-16(19)13(3)21-15(18)10-7-6-8-11-20-4;1-4-8-13(12(2)16)21-15(18)11-20-14(17)9-6-5-7-10-19-3;1-4-8-12(11(2)14)17-13(15)9-6-5-7-10-16-3;1-5-6-10(8(2)13)18-12(15)9(3)17-11(14)7-16-4;1-5-6-9(7(2)11)14-10(12)8(3)13-4;1-4-5-8(7(2)10)13-9(11)6-12-3/h5,14-15H,1,6-12H2,2-4H3;5,13-14H,1,6-11H2,2-4H3;4,13H,1,5-11H2,2-3H3;4,12H,1,5-10H2,2-3H3;5,9-10H,1,6-7H2,2-4H3;5,8-9H,1,6H2,2-4H3;4,8H,1,5-6H2,2-3H3. The van der Waals surface area contributed by atoms with Crippen LogP contribution in [-0.2, 0) is 181 Å². The highest BCUT2D eigenvalue weighted by molar-refractivity contribution is 5.89. The van der Waals surface area contributed by atoms with Crippen LogP contribution in [0.15, 0.2) is 88.6 Å². The normalized spacial score (nSPS) is 12.6. The van der Waals surface area contributed by atoms with E-state index in [0.29, 0.717) is 71.4 Å². The van der Waals surface area contributed by atoms with Crippen molar-refractivity contribution in [3.63, 3.8) is 0 Å². The molecular weight excluding hydrogens is 1720 g/mol. The lowest BCUT2D eigenvalue weighted by atomic mass is 10.1. The van der Waals surface area contributed by atoms with Gasteiger partial charge in [0.15, 0.2) is 121 Å². The molecule has 38 nitrogen and oxygen atoms in total. The van der Waals surface area contributed by atoms with Crippen molar-refractivity contribution in [1.29, 1.82) is 0 Å². The second kappa shape index (κ2) is 89.8. The van der Waals surface area contributed by atoms with Crippen molar-refractivity contribution >= 4 is 112 Å². The van der Waals surface area contributed by atoms with Crippen LogP contribution in [-0.4, -0.2) is 282 Å². The second-order valence-corrected chi connectivity index (χ2v) is 28.3. The predicted molar refractivity (Wildman–Crippen MR) is 478 cm³/mol. The Hall–Kier alpha value is -10.8. The first-order valence-electron chi connectivity index (χ1n) is 42.5. The number of hydrogen-bond acceptors (Lipinski definition) is 38. The lowest BCUT2D eigenvalue weighted by Crippen LogP contribution is -2.33. The van der Waals surface area contributed by atoms with E-state index in [9.17, 15) is 91.1 Å². The number of carbonyl (C=O) groups is 19. The molecule has 11 atom stereocenters. The van der Waals surface area contributed by atoms with E-state index in [1.165, 1.54) is 127 Å². The Bertz CT molecular complexity index is 3410. The first-order chi connectivity index (χ1) is 61.9. The summed E-state index contributed by atoms with van der Waals surface area (Å²) in [6, 6.07) is 0. The number of Topliss-reactive ketones (excluding diaryl/α,β-unsaturated/α-hetero) is 7. The molecule has 0 aromatic rings. The molecule has 0 rings (SSSR count). The van der Waals surface area contributed by atoms with E-state index in [4.69, 9.17) is 80.5 Å². The third-order valence-corrected chi connectivity index (χ3v) is 16.4. The van der Waals surface area contributed by atoms with Gasteiger partial charge in [0.25, 0.3) is 0 Å². The highest BCUT2D eigenvalue weighted by Crippen LogP contribution is 2.14. The fourth-order valence-electron chi connectivity index (χ4n) is 9.07. The van der Waals surface area contributed by atoms with Crippen LogP contribution in [0, 0.1) is 0 Å². The van der Waals surface area contributed by atoms with Gasteiger partial charge in [0.05, 0.1) is 0 Å². The summed E-state index contributed by atoms with van der Waals surface area (Å²) in [6.07, 6.45) is 13.6. The Balaban J connectivity index is -0.000000277. The van der Waals surface area contributed by atoms with Crippen LogP contribution in [0.5, 0.6) is 0 Å². The molecule has 0 saturated carbocycles. The van der Waals surface area contributed by atoms with Gasteiger partial charge in [0.2, 0.25) is 0 Å². The Morgan fingerprint density at radius 2 is 0.397 bits per heavy atom. The first kappa shape index (κ1) is 133. The minimum Gasteiger partial charge on any atom is -0.454 e. The molecule has 748 valence electrons. The SMILES string of the molecule is C=CCC(OC(=O)C(C)OC(=O)CCCCCOC)C(C)=O.C=CCC(OC(=O)C(C)OC(=O)COC(=O)CCCCCOC)C(C)=O.C=CCC(OC(=O)C(C)OC(=O)COC)C(C)=O.C=CCC(OC(=O)C(C)OC)C(C)=O.C=CCC(OC(=O)CCCCCOC)C(C)=O.C=CCC(OC(=O)COC(=O)CCCCCOC)C(C)=O.C=CCC(OC(=O)COC)C(C)=O. The zero-order valence-electron chi connectivity index (χ0n) is 80.3. The van der Waals surface area contributed by atoms with E-state index < -0.39 is 146 Å². The number of carbonyl (C=O) groups excluding carboxylic acids is 19. The summed E-state index contributed by atoms with van der Waals surface area (Å²) in [5.41, 5.74) is 0. The van der Waals surface area contributed by atoms with Crippen LogP contribution in [0.2, 0.25) is 0 Å². The zero-order valence-corrected chi connectivity index (χ0v) is 80.3. The maximum Gasteiger partial charge on any atom is 0.347 e. The minimum atomic E-state index is -1.22. The van der Waals surface area contributed by atoms with E-state index in [1.807, 2.05) is 0 Å². The summed E-state index contributed by atoms with van der Waals surface area (Å²) in [5, 5.41) is 0. The van der Waals surface area contributed by atoms with Crippen molar-refractivity contribution in [1.82, 2.24) is 0 Å². The number of esters is 12. The predicted octanol–water partition coefficient (Wildman–Crippen LogP) is 10.5. The van der Waals surface area contributed by atoms with Crippen LogP contribution < -0.4 is 0 Å². The van der Waals surface area contributed by atoms with Gasteiger partial charge in [-0.3, -0.25) is 52.7 Å². The van der Waals surface area contributed by atoms with E-state index in [-0.39, 0.29) is 105 Å². The van der Waals surface area contributed by atoms with E-state index >= 15 is 0 Å². The number of methoxy groups -OCH3 is 7. The highest BCUT2D eigenvalue weighted by Gasteiger charge is 2.30. The Labute approximate surface area is 772 Å². The summed E-state index contributed by atoms with van der Waals surface area (Å²) in [7, 11) is 10.6. The van der Waals surface area contributed by atoms with Gasteiger partial charge in [-0.2, -0.15) is 0 Å². The minimum absolute atomic E-state index is 0.138. The molecule has 0 spiro atoms. The summed E-state index contributed by atoms with van der Waals surface area (Å²) in [6.45, 7) is 40.7. The van der Waals surface area contributed by atoms with Gasteiger partial charge < -0.3 is 90.0 Å². The summed E-state index contributed by atoms with van der Waals surface area (Å²) < 4.78 is 92.2. The maximum atomic E-state index is 11.8. The van der Waals surface area contributed by atoms with Crippen molar-refractivity contribution in [3.8, 4) is 0 Å². The van der Waals surface area contributed by atoms with Crippen LogP contribution in [0.25, 0.3) is 0 Å². The fourth-order valence-corrected chi connectivity index (χ4v) is 9.07. The molecule has 0 aromatic heterocycles. The third-order valence-electron chi connectivity index (χ3n) is 16.4. The molecule has 0 N–H and O–H groups in total. The van der Waals surface area contributed by atoms with Crippen LogP contribution >= 0.6 is 0 Å². The van der Waals surface area contributed by atoms with E-state index in [1.54, 1.807) is 41.4 Å². The second-order valence-electron chi connectivity index (χ2n) is 28.3. The van der Waals surface area contributed by atoms with Gasteiger partial charge in [-0.25, -0.2) is 38.4 Å². The molecule has 0 bridgehead atoms. The molecular formula is C93H148O38. The third kappa shape index (κ3) is 83.3. The lowest BCUT2D eigenvalue weighted by molar-refractivity contribution is -0.175.